The zero-order chi connectivity index (χ0) is 15.3. The molecule has 0 spiro atoms. The van der Waals surface area contributed by atoms with Crippen molar-refractivity contribution in [1.82, 2.24) is 5.32 Å². The predicted molar refractivity (Wildman–Crippen MR) is 80.8 cm³/mol. The van der Waals surface area contributed by atoms with Gasteiger partial charge in [0.1, 0.15) is 0 Å². The molecule has 0 saturated heterocycles. The molecule has 2 rings (SSSR count). The Kier molecular flexibility index (Phi) is 4.81. The van der Waals surface area contributed by atoms with Gasteiger partial charge in [0, 0.05) is 5.69 Å². The number of rotatable bonds is 3. The molecule has 0 atom stereocenters. The first kappa shape index (κ1) is 15.3. The van der Waals surface area contributed by atoms with E-state index in [1.165, 1.54) is 0 Å². The maximum Gasteiger partial charge on any atom is 0.319 e. The van der Waals surface area contributed by atoms with E-state index >= 15 is 0 Å². The van der Waals surface area contributed by atoms with Crippen molar-refractivity contribution in [3.05, 3.63) is 29.8 Å². The third-order valence-electron chi connectivity index (χ3n) is 4.18. The fourth-order valence-corrected chi connectivity index (χ4v) is 2.67. The van der Waals surface area contributed by atoms with Gasteiger partial charge in [0.15, 0.2) is 0 Å². The topological polar surface area (TPSA) is 85.2 Å². The second-order valence-corrected chi connectivity index (χ2v) is 5.89. The Labute approximate surface area is 125 Å². The summed E-state index contributed by atoms with van der Waals surface area (Å²) in [6.45, 7) is 2.15. The summed E-state index contributed by atoms with van der Waals surface area (Å²) in [5, 5.41) is 24.0. The maximum absolute atomic E-state index is 12.1. The molecule has 1 aliphatic carbocycles. The lowest BCUT2D eigenvalue weighted by Gasteiger charge is -2.38. The molecule has 0 heterocycles. The SMILES string of the molecule is CC1CCC(CO)(NC(=O)Nc2ccc(C#N)cc2)CC1. The minimum absolute atomic E-state index is 0.0412. The number of aliphatic hydroxyl groups excluding tert-OH is 1. The van der Waals surface area contributed by atoms with Crippen molar-refractivity contribution in [2.75, 3.05) is 11.9 Å². The third kappa shape index (κ3) is 3.96. The zero-order valence-electron chi connectivity index (χ0n) is 12.2. The fraction of sp³-hybridized carbons (Fsp3) is 0.500. The number of hydrogen-bond donors (Lipinski definition) is 3. The molecule has 1 aromatic carbocycles. The number of nitrogens with one attached hydrogen (secondary N) is 2. The van der Waals surface area contributed by atoms with E-state index in [4.69, 9.17) is 5.26 Å². The van der Waals surface area contributed by atoms with Gasteiger partial charge in [-0.1, -0.05) is 6.92 Å². The molecule has 21 heavy (non-hydrogen) atoms. The maximum atomic E-state index is 12.1. The van der Waals surface area contributed by atoms with E-state index in [-0.39, 0.29) is 12.6 Å². The summed E-state index contributed by atoms with van der Waals surface area (Å²) in [6.07, 6.45) is 3.62. The third-order valence-corrected chi connectivity index (χ3v) is 4.18. The molecule has 5 heteroatoms. The highest BCUT2D eigenvalue weighted by atomic mass is 16.3. The van der Waals surface area contributed by atoms with Crippen molar-refractivity contribution in [1.29, 1.82) is 5.26 Å². The second-order valence-electron chi connectivity index (χ2n) is 5.89. The molecule has 0 bridgehead atoms. The first-order valence-corrected chi connectivity index (χ1v) is 7.27. The van der Waals surface area contributed by atoms with Crippen LogP contribution in [0.4, 0.5) is 10.5 Å². The highest BCUT2D eigenvalue weighted by molar-refractivity contribution is 5.89. The van der Waals surface area contributed by atoms with Crippen LogP contribution in [0.15, 0.2) is 24.3 Å². The second kappa shape index (κ2) is 6.59. The number of nitriles is 1. The van der Waals surface area contributed by atoms with Crippen LogP contribution in [0.3, 0.4) is 0 Å². The largest absolute Gasteiger partial charge is 0.394 e. The Morgan fingerprint density at radius 1 is 1.38 bits per heavy atom. The molecule has 0 unspecified atom stereocenters. The van der Waals surface area contributed by atoms with E-state index in [1.54, 1.807) is 24.3 Å². The number of carbonyl (C=O) groups excluding carboxylic acids is 1. The Morgan fingerprint density at radius 3 is 2.52 bits per heavy atom. The van der Waals surface area contributed by atoms with Crippen molar-refractivity contribution in [3.63, 3.8) is 0 Å². The molecule has 1 aromatic rings. The van der Waals surface area contributed by atoms with E-state index in [9.17, 15) is 9.90 Å². The normalized spacial score (nSPS) is 24.9. The summed E-state index contributed by atoms with van der Waals surface area (Å²) < 4.78 is 0. The Bertz CT molecular complexity index is 525. The van der Waals surface area contributed by atoms with E-state index in [0.29, 0.717) is 17.2 Å². The van der Waals surface area contributed by atoms with Crippen molar-refractivity contribution < 1.29 is 9.90 Å². The smallest absolute Gasteiger partial charge is 0.319 e. The van der Waals surface area contributed by atoms with Crippen LogP contribution < -0.4 is 10.6 Å². The molecule has 3 N–H and O–H groups in total. The van der Waals surface area contributed by atoms with Crippen LogP contribution in [0.5, 0.6) is 0 Å². The van der Waals surface area contributed by atoms with Gasteiger partial charge in [-0.2, -0.15) is 5.26 Å². The lowest BCUT2D eigenvalue weighted by Crippen LogP contribution is -2.54. The van der Waals surface area contributed by atoms with Crippen LogP contribution in [0.25, 0.3) is 0 Å². The lowest BCUT2D eigenvalue weighted by atomic mass is 9.77. The summed E-state index contributed by atoms with van der Waals surface area (Å²) in [7, 11) is 0. The average Bonchev–Trinajstić information content (AvgIpc) is 2.50. The van der Waals surface area contributed by atoms with Gasteiger partial charge in [-0.05, 0) is 55.9 Å². The van der Waals surface area contributed by atoms with Gasteiger partial charge in [0.2, 0.25) is 0 Å². The molecular weight excluding hydrogens is 266 g/mol. The van der Waals surface area contributed by atoms with Crippen molar-refractivity contribution >= 4 is 11.7 Å². The number of nitrogens with zero attached hydrogens (tertiary/aromatic N) is 1. The van der Waals surface area contributed by atoms with E-state index in [2.05, 4.69) is 17.6 Å². The lowest BCUT2D eigenvalue weighted by molar-refractivity contribution is 0.113. The first-order valence-electron chi connectivity index (χ1n) is 7.27. The minimum Gasteiger partial charge on any atom is -0.394 e. The van der Waals surface area contributed by atoms with E-state index < -0.39 is 5.54 Å². The zero-order valence-corrected chi connectivity index (χ0v) is 12.2. The average molecular weight is 287 g/mol. The van der Waals surface area contributed by atoms with Crippen molar-refractivity contribution in [2.45, 2.75) is 38.1 Å². The van der Waals surface area contributed by atoms with E-state index in [1.807, 2.05) is 6.07 Å². The first-order chi connectivity index (χ1) is 10.1. The van der Waals surface area contributed by atoms with Gasteiger partial charge in [-0.25, -0.2) is 4.79 Å². The highest BCUT2D eigenvalue weighted by Gasteiger charge is 2.34. The minimum atomic E-state index is -0.511. The van der Waals surface area contributed by atoms with Gasteiger partial charge in [0.05, 0.1) is 23.8 Å². The number of amides is 2. The molecule has 1 aliphatic rings. The van der Waals surface area contributed by atoms with Crippen LogP contribution in [-0.4, -0.2) is 23.3 Å². The number of aliphatic hydroxyl groups is 1. The van der Waals surface area contributed by atoms with Crippen molar-refractivity contribution in [3.8, 4) is 6.07 Å². The van der Waals surface area contributed by atoms with Gasteiger partial charge >= 0.3 is 6.03 Å². The molecule has 0 radical (unpaired) electrons. The molecule has 1 saturated carbocycles. The number of carbonyl (C=O) groups is 1. The quantitative estimate of drug-likeness (QED) is 0.799. The molecule has 112 valence electrons. The highest BCUT2D eigenvalue weighted by Crippen LogP contribution is 2.31. The standard InChI is InChI=1S/C16H21N3O2/c1-12-6-8-16(11-20,9-7-12)19-15(21)18-14-4-2-13(10-17)3-5-14/h2-5,12,20H,6-9,11H2,1H3,(H2,18,19,21). The van der Waals surface area contributed by atoms with Crippen LogP contribution >= 0.6 is 0 Å². The Balaban J connectivity index is 1.95. The molecular formula is C16H21N3O2. The Morgan fingerprint density at radius 2 is 2.00 bits per heavy atom. The molecule has 2 amide bonds. The van der Waals surface area contributed by atoms with Crippen LogP contribution in [0.1, 0.15) is 38.2 Å². The molecule has 0 aliphatic heterocycles. The van der Waals surface area contributed by atoms with Gasteiger partial charge in [-0.3, -0.25) is 0 Å². The molecule has 5 nitrogen and oxygen atoms in total. The summed E-state index contributed by atoms with van der Waals surface area (Å²) in [4.78, 5) is 12.1. The fourth-order valence-electron chi connectivity index (χ4n) is 2.67. The summed E-state index contributed by atoms with van der Waals surface area (Å²) in [5.41, 5.74) is 0.668. The number of benzene rings is 1. The van der Waals surface area contributed by atoms with E-state index in [0.717, 1.165) is 25.7 Å². The molecule has 1 fully saturated rings. The van der Waals surface area contributed by atoms with Gasteiger partial charge < -0.3 is 15.7 Å². The van der Waals surface area contributed by atoms with Crippen LogP contribution in [0, 0.1) is 17.2 Å². The van der Waals surface area contributed by atoms with Crippen molar-refractivity contribution in [2.24, 2.45) is 5.92 Å². The number of hydrogen-bond acceptors (Lipinski definition) is 3. The van der Waals surface area contributed by atoms with Crippen LogP contribution in [-0.2, 0) is 0 Å². The summed E-state index contributed by atoms with van der Waals surface area (Å²) in [5.74, 6) is 0.646. The van der Waals surface area contributed by atoms with Crippen LogP contribution in [0.2, 0.25) is 0 Å². The molecule has 0 aromatic heterocycles. The van der Waals surface area contributed by atoms with Gasteiger partial charge in [-0.15, -0.1) is 0 Å². The monoisotopic (exact) mass is 287 g/mol. The van der Waals surface area contributed by atoms with Gasteiger partial charge in [0.25, 0.3) is 0 Å². The number of anilines is 1. The predicted octanol–water partition coefficient (Wildman–Crippen LogP) is 2.62. The summed E-state index contributed by atoms with van der Waals surface area (Å²) >= 11 is 0. The number of urea groups is 1. The Hall–Kier alpha value is -2.06. The summed E-state index contributed by atoms with van der Waals surface area (Å²) in [6, 6.07) is 8.39.